The van der Waals surface area contributed by atoms with E-state index in [2.05, 4.69) is 31.8 Å². The molecule has 1 aromatic rings. The molecule has 96 valence electrons. The molecule has 0 aromatic carbocycles. The predicted molar refractivity (Wildman–Crippen MR) is 69.8 cm³/mol. The van der Waals surface area contributed by atoms with Crippen molar-refractivity contribution in [2.24, 2.45) is 5.92 Å². The number of aryl methyl sites for hydroxylation is 1. The molecule has 0 bridgehead atoms. The van der Waals surface area contributed by atoms with Crippen molar-refractivity contribution in [2.45, 2.75) is 33.9 Å². The van der Waals surface area contributed by atoms with Crippen LogP contribution in [0.15, 0.2) is 23.1 Å². The Morgan fingerprint density at radius 3 is 2.94 bits per heavy atom. The van der Waals surface area contributed by atoms with Gasteiger partial charge < -0.3 is 14.5 Å². The molecule has 0 saturated heterocycles. The molecule has 0 amide bonds. The Bertz CT molecular complexity index is 342. The molecule has 0 spiro atoms. The number of hydrogen-bond acceptors (Lipinski definition) is 3. The first kappa shape index (κ1) is 14.0. The van der Waals surface area contributed by atoms with Crippen molar-refractivity contribution >= 4 is 0 Å². The van der Waals surface area contributed by atoms with E-state index in [1.54, 1.807) is 6.08 Å². The summed E-state index contributed by atoms with van der Waals surface area (Å²) in [5.41, 5.74) is 1.12. The minimum atomic E-state index is 0.575. The van der Waals surface area contributed by atoms with Crippen LogP contribution in [0.5, 0.6) is 0 Å². The maximum Gasteiger partial charge on any atom is 0.118 e. The van der Waals surface area contributed by atoms with Crippen molar-refractivity contribution in [3.05, 3.63) is 35.8 Å². The van der Waals surface area contributed by atoms with Crippen LogP contribution in [-0.4, -0.2) is 13.2 Å². The molecule has 1 N–H and O–H groups in total. The zero-order valence-electron chi connectivity index (χ0n) is 11.1. The number of hydrogen-bond donors (Lipinski definition) is 1. The fraction of sp³-hybridized carbons (Fsp3) is 0.571. The first-order valence-corrected chi connectivity index (χ1v) is 6.11. The summed E-state index contributed by atoms with van der Waals surface area (Å²) in [7, 11) is 0. The Balaban J connectivity index is 2.41. The van der Waals surface area contributed by atoms with E-state index >= 15 is 0 Å². The molecule has 17 heavy (non-hydrogen) atoms. The lowest BCUT2D eigenvalue weighted by molar-refractivity contribution is 0.147. The standard InChI is InChI=1S/C14H23NO2/c1-5-6-16-10-13-7-14(17-12(13)4)9-15-8-11(2)3/h5,7,11,15H,1,6,8-10H2,2-4H3. The van der Waals surface area contributed by atoms with Gasteiger partial charge in [0.15, 0.2) is 0 Å². The van der Waals surface area contributed by atoms with E-state index in [1.165, 1.54) is 0 Å². The van der Waals surface area contributed by atoms with E-state index in [9.17, 15) is 0 Å². The molecule has 3 nitrogen and oxygen atoms in total. The van der Waals surface area contributed by atoms with Crippen LogP contribution in [0.1, 0.15) is 30.9 Å². The summed E-state index contributed by atoms with van der Waals surface area (Å²) in [4.78, 5) is 0. The van der Waals surface area contributed by atoms with Gasteiger partial charge in [-0.2, -0.15) is 0 Å². The van der Waals surface area contributed by atoms with Crippen molar-refractivity contribution in [2.75, 3.05) is 13.2 Å². The third-order valence-electron chi connectivity index (χ3n) is 2.42. The van der Waals surface area contributed by atoms with Gasteiger partial charge in [-0.1, -0.05) is 19.9 Å². The Kier molecular flexibility index (Phi) is 6.01. The average Bonchev–Trinajstić information content (AvgIpc) is 2.59. The molecular formula is C14H23NO2. The second-order valence-electron chi connectivity index (χ2n) is 4.62. The largest absolute Gasteiger partial charge is 0.465 e. The SMILES string of the molecule is C=CCOCc1cc(CNCC(C)C)oc1C. The smallest absolute Gasteiger partial charge is 0.118 e. The van der Waals surface area contributed by atoms with Gasteiger partial charge in [0, 0.05) is 5.56 Å². The first-order valence-electron chi connectivity index (χ1n) is 6.11. The lowest BCUT2D eigenvalue weighted by atomic mass is 10.2. The molecule has 0 aliphatic rings. The monoisotopic (exact) mass is 237 g/mol. The van der Waals surface area contributed by atoms with Crippen molar-refractivity contribution in [3.63, 3.8) is 0 Å². The maximum absolute atomic E-state index is 5.66. The molecule has 1 aromatic heterocycles. The Morgan fingerprint density at radius 1 is 1.53 bits per heavy atom. The average molecular weight is 237 g/mol. The minimum Gasteiger partial charge on any atom is -0.465 e. The molecule has 0 fully saturated rings. The molecule has 0 aliphatic carbocycles. The lowest BCUT2D eigenvalue weighted by Gasteiger charge is -2.04. The van der Waals surface area contributed by atoms with Crippen LogP contribution in [0.3, 0.4) is 0 Å². The highest BCUT2D eigenvalue weighted by Crippen LogP contribution is 2.15. The highest BCUT2D eigenvalue weighted by molar-refractivity contribution is 5.19. The molecule has 0 unspecified atom stereocenters. The van der Waals surface area contributed by atoms with E-state index in [0.29, 0.717) is 19.1 Å². The first-order chi connectivity index (χ1) is 8.13. The van der Waals surface area contributed by atoms with Crippen LogP contribution in [0, 0.1) is 12.8 Å². The summed E-state index contributed by atoms with van der Waals surface area (Å²) in [6.45, 7) is 12.9. The quantitative estimate of drug-likeness (QED) is 0.557. The Labute approximate surface area is 104 Å². The molecular weight excluding hydrogens is 214 g/mol. The molecule has 1 heterocycles. The normalized spacial score (nSPS) is 11.1. The number of furan rings is 1. The van der Waals surface area contributed by atoms with E-state index in [0.717, 1.165) is 30.2 Å². The van der Waals surface area contributed by atoms with E-state index < -0.39 is 0 Å². The zero-order chi connectivity index (χ0) is 12.7. The van der Waals surface area contributed by atoms with Gasteiger partial charge in [-0.25, -0.2) is 0 Å². The van der Waals surface area contributed by atoms with Gasteiger partial charge >= 0.3 is 0 Å². The van der Waals surface area contributed by atoms with Gasteiger partial charge in [0.2, 0.25) is 0 Å². The maximum atomic E-state index is 5.66. The van der Waals surface area contributed by atoms with Gasteiger partial charge in [-0.05, 0) is 25.5 Å². The van der Waals surface area contributed by atoms with Gasteiger partial charge in [-0.3, -0.25) is 0 Å². The zero-order valence-corrected chi connectivity index (χ0v) is 11.1. The van der Waals surface area contributed by atoms with Crippen molar-refractivity contribution in [1.82, 2.24) is 5.32 Å². The highest BCUT2D eigenvalue weighted by Gasteiger charge is 2.07. The van der Waals surface area contributed by atoms with Crippen LogP contribution in [0.4, 0.5) is 0 Å². The molecule has 1 rings (SSSR count). The Hall–Kier alpha value is -1.06. The fourth-order valence-corrected chi connectivity index (χ4v) is 1.55. The van der Waals surface area contributed by atoms with Crippen molar-refractivity contribution in [3.8, 4) is 0 Å². The van der Waals surface area contributed by atoms with Gasteiger partial charge in [-0.15, -0.1) is 6.58 Å². The molecule has 0 saturated carbocycles. The second kappa shape index (κ2) is 7.30. The summed E-state index contributed by atoms with van der Waals surface area (Å²) in [6.07, 6.45) is 1.75. The van der Waals surface area contributed by atoms with Crippen LogP contribution >= 0.6 is 0 Å². The minimum absolute atomic E-state index is 0.575. The van der Waals surface area contributed by atoms with Gasteiger partial charge in [0.1, 0.15) is 11.5 Å². The summed E-state index contributed by atoms with van der Waals surface area (Å²) < 4.78 is 11.1. The lowest BCUT2D eigenvalue weighted by Crippen LogP contribution is -2.18. The Morgan fingerprint density at radius 2 is 2.29 bits per heavy atom. The highest BCUT2D eigenvalue weighted by atomic mass is 16.5. The number of rotatable bonds is 8. The number of nitrogens with one attached hydrogen (secondary N) is 1. The molecule has 3 heteroatoms. The van der Waals surface area contributed by atoms with Crippen LogP contribution in [0.2, 0.25) is 0 Å². The fourth-order valence-electron chi connectivity index (χ4n) is 1.55. The van der Waals surface area contributed by atoms with E-state index in [1.807, 2.05) is 6.92 Å². The van der Waals surface area contributed by atoms with Crippen LogP contribution in [0.25, 0.3) is 0 Å². The topological polar surface area (TPSA) is 34.4 Å². The van der Waals surface area contributed by atoms with Gasteiger partial charge in [0.25, 0.3) is 0 Å². The van der Waals surface area contributed by atoms with Gasteiger partial charge in [0.05, 0.1) is 19.8 Å². The van der Waals surface area contributed by atoms with Crippen molar-refractivity contribution < 1.29 is 9.15 Å². The summed E-state index contributed by atoms with van der Waals surface area (Å²) >= 11 is 0. The number of ether oxygens (including phenoxy) is 1. The van der Waals surface area contributed by atoms with E-state index in [4.69, 9.17) is 9.15 Å². The van der Waals surface area contributed by atoms with Crippen LogP contribution in [-0.2, 0) is 17.9 Å². The molecule has 0 radical (unpaired) electrons. The summed E-state index contributed by atoms with van der Waals surface area (Å²) in [6, 6.07) is 2.06. The molecule has 0 atom stereocenters. The van der Waals surface area contributed by atoms with Crippen LogP contribution < -0.4 is 5.32 Å². The summed E-state index contributed by atoms with van der Waals surface area (Å²) in [5, 5.41) is 3.36. The third kappa shape index (κ3) is 5.20. The van der Waals surface area contributed by atoms with Crippen molar-refractivity contribution in [1.29, 1.82) is 0 Å². The van der Waals surface area contributed by atoms with E-state index in [-0.39, 0.29) is 0 Å². The molecule has 0 aliphatic heterocycles. The summed E-state index contributed by atoms with van der Waals surface area (Å²) in [5.74, 6) is 2.57. The predicted octanol–water partition coefficient (Wildman–Crippen LogP) is 3.04. The third-order valence-corrected chi connectivity index (χ3v) is 2.42. The second-order valence-corrected chi connectivity index (χ2v) is 4.62.